The molecule has 0 amide bonds. The molecular weight excluding hydrogens is 328 g/mol. The number of fused-ring (bicyclic) bond motifs is 5. The summed E-state index contributed by atoms with van der Waals surface area (Å²) in [6.07, 6.45) is 5.77. The van der Waals surface area contributed by atoms with Gasteiger partial charge in [0.2, 0.25) is 0 Å². The highest BCUT2D eigenvalue weighted by Gasteiger charge is 2.77. The van der Waals surface area contributed by atoms with E-state index in [0.717, 1.165) is 11.4 Å². The first-order valence-corrected chi connectivity index (χ1v) is 9.34. The van der Waals surface area contributed by atoms with Crippen LogP contribution in [-0.4, -0.2) is 0 Å². The lowest BCUT2D eigenvalue weighted by Gasteiger charge is -2.41. The summed E-state index contributed by atoms with van der Waals surface area (Å²) in [7, 11) is 0. The SMILES string of the molecule is CC1(C)[C@]2(c3ccc(Cl)cc3)N=N[C@@]1(c1ccccc1)[C@H]1CC=C[C@H]12. The molecule has 2 nitrogen and oxygen atoms in total. The molecule has 1 aliphatic heterocycles. The van der Waals surface area contributed by atoms with Crippen LogP contribution in [0.2, 0.25) is 5.02 Å². The Morgan fingerprint density at radius 3 is 2.24 bits per heavy atom. The quantitative estimate of drug-likeness (QED) is 0.583. The maximum atomic E-state index is 6.15. The normalized spacial score (nSPS) is 36.8. The van der Waals surface area contributed by atoms with E-state index in [2.05, 4.69) is 68.5 Å². The highest BCUT2D eigenvalue weighted by atomic mass is 35.5. The molecule has 0 spiro atoms. The van der Waals surface area contributed by atoms with Crippen LogP contribution in [0.1, 0.15) is 31.4 Å². The van der Waals surface area contributed by atoms with Gasteiger partial charge in [-0.25, -0.2) is 0 Å². The van der Waals surface area contributed by atoms with Gasteiger partial charge in [-0.3, -0.25) is 0 Å². The van der Waals surface area contributed by atoms with E-state index >= 15 is 0 Å². The maximum absolute atomic E-state index is 6.15. The number of allylic oxidation sites excluding steroid dienone is 1. The monoisotopic (exact) mass is 348 g/mol. The van der Waals surface area contributed by atoms with Crippen molar-refractivity contribution in [1.29, 1.82) is 0 Å². The average molecular weight is 349 g/mol. The number of rotatable bonds is 2. The Hall–Kier alpha value is -1.93. The van der Waals surface area contributed by atoms with Crippen molar-refractivity contribution in [3.05, 3.63) is 82.9 Å². The summed E-state index contributed by atoms with van der Waals surface area (Å²) in [5, 5.41) is 10.8. The standard InChI is InChI=1S/C22H21ClN2/c1-20(2)21(15-7-4-3-5-8-15)18-9-6-10-19(18)22(20,25-24-21)16-11-13-17(23)14-12-16/h3-8,10-14,18-19H,9H2,1-2H3/t18-,19+,21-,22+/m0/s1. The van der Waals surface area contributed by atoms with Gasteiger partial charge >= 0.3 is 0 Å². The van der Waals surface area contributed by atoms with Crippen molar-refractivity contribution in [2.24, 2.45) is 27.5 Å². The maximum Gasteiger partial charge on any atom is 0.121 e. The van der Waals surface area contributed by atoms with Crippen LogP contribution in [0, 0.1) is 17.3 Å². The van der Waals surface area contributed by atoms with Crippen molar-refractivity contribution < 1.29 is 0 Å². The predicted octanol–water partition coefficient (Wildman–Crippen LogP) is 6.13. The van der Waals surface area contributed by atoms with Gasteiger partial charge < -0.3 is 0 Å². The van der Waals surface area contributed by atoms with Crippen LogP contribution >= 0.6 is 11.6 Å². The Morgan fingerprint density at radius 2 is 1.52 bits per heavy atom. The molecule has 1 fully saturated rings. The van der Waals surface area contributed by atoms with E-state index in [-0.39, 0.29) is 16.5 Å². The second-order valence-corrected chi connectivity index (χ2v) is 8.46. The second kappa shape index (κ2) is 4.82. The Morgan fingerprint density at radius 1 is 0.880 bits per heavy atom. The van der Waals surface area contributed by atoms with E-state index in [1.807, 2.05) is 12.1 Å². The third kappa shape index (κ3) is 1.58. The zero-order valence-corrected chi connectivity index (χ0v) is 15.2. The highest BCUT2D eigenvalue weighted by molar-refractivity contribution is 6.30. The van der Waals surface area contributed by atoms with Crippen LogP contribution < -0.4 is 0 Å². The molecule has 1 saturated carbocycles. The van der Waals surface area contributed by atoms with Gasteiger partial charge in [-0.05, 0) is 29.7 Å². The van der Waals surface area contributed by atoms with E-state index in [0.29, 0.717) is 11.8 Å². The van der Waals surface area contributed by atoms with Gasteiger partial charge in [-0.15, -0.1) is 0 Å². The molecule has 2 aromatic carbocycles. The number of nitrogens with zero attached hydrogens (tertiary/aromatic N) is 2. The van der Waals surface area contributed by atoms with Crippen molar-refractivity contribution in [2.75, 3.05) is 0 Å². The molecular formula is C22H21ClN2. The van der Waals surface area contributed by atoms with E-state index in [4.69, 9.17) is 21.8 Å². The van der Waals surface area contributed by atoms with Crippen molar-refractivity contribution in [3.8, 4) is 0 Å². The molecule has 0 aromatic heterocycles. The number of benzene rings is 2. The summed E-state index contributed by atoms with van der Waals surface area (Å²) in [4.78, 5) is 0. The minimum atomic E-state index is -0.328. The molecule has 4 atom stereocenters. The molecule has 2 aromatic rings. The fourth-order valence-electron chi connectivity index (χ4n) is 5.87. The summed E-state index contributed by atoms with van der Waals surface area (Å²) in [5.74, 6) is 0.833. The summed E-state index contributed by atoms with van der Waals surface area (Å²) in [6.45, 7) is 4.70. The number of hydrogen-bond donors (Lipinski definition) is 0. The first-order valence-electron chi connectivity index (χ1n) is 8.96. The molecule has 0 saturated heterocycles. The topological polar surface area (TPSA) is 24.7 Å². The molecule has 25 heavy (non-hydrogen) atoms. The van der Waals surface area contributed by atoms with Gasteiger partial charge in [-0.2, -0.15) is 10.2 Å². The third-order valence-corrected chi connectivity index (χ3v) is 7.21. The lowest BCUT2D eigenvalue weighted by atomic mass is 9.61. The van der Waals surface area contributed by atoms with Crippen LogP contribution in [0.5, 0.6) is 0 Å². The Labute approximate surface area is 153 Å². The minimum Gasteiger partial charge on any atom is -0.181 e. The van der Waals surface area contributed by atoms with Crippen LogP contribution in [0.15, 0.2) is 77.0 Å². The fraction of sp³-hybridized carbons (Fsp3) is 0.364. The Bertz CT molecular complexity index is 884. The molecule has 5 rings (SSSR count). The largest absolute Gasteiger partial charge is 0.181 e. The predicted molar refractivity (Wildman–Crippen MR) is 101 cm³/mol. The average Bonchev–Trinajstić information content (AvgIpc) is 3.24. The molecule has 1 heterocycles. The lowest BCUT2D eigenvalue weighted by molar-refractivity contribution is 0.150. The van der Waals surface area contributed by atoms with Gasteiger partial charge in [0.15, 0.2) is 0 Å². The molecule has 3 heteroatoms. The van der Waals surface area contributed by atoms with Gasteiger partial charge in [0.25, 0.3) is 0 Å². The fourth-order valence-corrected chi connectivity index (χ4v) is 6.00. The van der Waals surface area contributed by atoms with E-state index in [1.54, 1.807) is 0 Å². The number of hydrogen-bond acceptors (Lipinski definition) is 2. The minimum absolute atomic E-state index is 0.116. The molecule has 0 radical (unpaired) electrons. The smallest absolute Gasteiger partial charge is 0.121 e. The van der Waals surface area contributed by atoms with E-state index in [9.17, 15) is 0 Å². The Balaban J connectivity index is 1.79. The van der Waals surface area contributed by atoms with Gasteiger partial charge in [0, 0.05) is 22.3 Å². The number of azo groups is 1. The lowest BCUT2D eigenvalue weighted by Crippen LogP contribution is -2.44. The molecule has 3 aliphatic rings. The van der Waals surface area contributed by atoms with Gasteiger partial charge in [0.05, 0.1) is 0 Å². The van der Waals surface area contributed by atoms with Crippen LogP contribution in [-0.2, 0) is 11.1 Å². The summed E-state index contributed by atoms with van der Waals surface area (Å²) in [6, 6.07) is 19.0. The van der Waals surface area contributed by atoms with Crippen molar-refractivity contribution >= 4 is 11.6 Å². The first-order chi connectivity index (χ1) is 12.0. The van der Waals surface area contributed by atoms with Crippen LogP contribution in [0.25, 0.3) is 0 Å². The first kappa shape index (κ1) is 15.3. The summed E-state index contributed by atoms with van der Waals surface area (Å²) >= 11 is 6.15. The molecule has 0 N–H and O–H groups in total. The van der Waals surface area contributed by atoms with Crippen molar-refractivity contribution in [1.82, 2.24) is 0 Å². The molecule has 126 valence electrons. The van der Waals surface area contributed by atoms with E-state index in [1.165, 1.54) is 11.1 Å². The molecule has 0 unspecified atom stereocenters. The zero-order valence-electron chi connectivity index (χ0n) is 14.5. The Kier molecular flexibility index (Phi) is 2.96. The van der Waals surface area contributed by atoms with Crippen molar-refractivity contribution in [2.45, 2.75) is 31.3 Å². The summed E-state index contributed by atoms with van der Waals surface area (Å²) in [5.41, 5.74) is 1.79. The highest BCUT2D eigenvalue weighted by Crippen LogP contribution is 2.76. The van der Waals surface area contributed by atoms with Gasteiger partial charge in [-0.1, -0.05) is 80.1 Å². The van der Waals surface area contributed by atoms with Crippen LogP contribution in [0.4, 0.5) is 0 Å². The molecule has 2 aliphatic carbocycles. The number of halogens is 1. The van der Waals surface area contributed by atoms with Crippen molar-refractivity contribution in [3.63, 3.8) is 0 Å². The molecule has 2 bridgehead atoms. The summed E-state index contributed by atoms with van der Waals surface area (Å²) < 4.78 is 0. The van der Waals surface area contributed by atoms with E-state index < -0.39 is 0 Å². The van der Waals surface area contributed by atoms with Crippen LogP contribution in [0.3, 0.4) is 0 Å². The van der Waals surface area contributed by atoms with Gasteiger partial charge in [0.1, 0.15) is 11.1 Å². The second-order valence-electron chi connectivity index (χ2n) is 8.03. The zero-order chi connectivity index (χ0) is 17.3. The third-order valence-electron chi connectivity index (χ3n) is 6.96.